The molecule has 0 bridgehead atoms. The third kappa shape index (κ3) is 3.47. The third-order valence-electron chi connectivity index (χ3n) is 3.01. The molecule has 2 aromatic rings. The molecule has 0 radical (unpaired) electrons. The number of halogens is 1. The van der Waals surface area contributed by atoms with Crippen molar-refractivity contribution in [2.24, 2.45) is 0 Å². The number of aromatic carboxylic acids is 1. The van der Waals surface area contributed by atoms with Gasteiger partial charge in [-0.2, -0.15) is 0 Å². The first kappa shape index (κ1) is 15.2. The molecule has 0 aromatic heterocycles. The van der Waals surface area contributed by atoms with Crippen LogP contribution in [0.2, 0.25) is 5.02 Å². The number of carboxylic acid groups (broad SMARTS) is 1. The molecule has 2 rings (SSSR count). The van der Waals surface area contributed by atoms with Crippen molar-refractivity contribution in [1.29, 1.82) is 0 Å². The van der Waals surface area contributed by atoms with Crippen molar-refractivity contribution >= 4 is 17.6 Å². The molecular formula is C16H15ClO4. The Morgan fingerprint density at radius 3 is 2.71 bits per heavy atom. The van der Waals surface area contributed by atoms with Gasteiger partial charge in [-0.15, -0.1) is 0 Å². The number of carboxylic acids is 1. The fraction of sp³-hybridized carbons (Fsp3) is 0.188. The van der Waals surface area contributed by atoms with Gasteiger partial charge in [0.2, 0.25) is 0 Å². The summed E-state index contributed by atoms with van der Waals surface area (Å²) in [5, 5.41) is 9.43. The van der Waals surface area contributed by atoms with Crippen LogP contribution in [-0.4, -0.2) is 18.2 Å². The number of aryl methyl sites for hydroxylation is 1. The lowest BCUT2D eigenvalue weighted by molar-refractivity contribution is 0.0691. The molecule has 0 unspecified atom stereocenters. The van der Waals surface area contributed by atoms with Gasteiger partial charge in [0.05, 0.1) is 12.1 Å². The van der Waals surface area contributed by atoms with Gasteiger partial charge in [0.15, 0.2) is 5.75 Å². The zero-order chi connectivity index (χ0) is 15.4. The van der Waals surface area contributed by atoms with Gasteiger partial charge in [-0.1, -0.05) is 29.3 Å². The Labute approximate surface area is 127 Å². The summed E-state index contributed by atoms with van der Waals surface area (Å²) in [6.07, 6.45) is 0. The van der Waals surface area contributed by atoms with Crippen molar-refractivity contribution in [2.75, 3.05) is 7.11 Å². The number of ether oxygens (including phenoxy) is 2. The number of benzene rings is 2. The van der Waals surface area contributed by atoms with Crippen molar-refractivity contribution in [1.82, 2.24) is 0 Å². The van der Waals surface area contributed by atoms with Gasteiger partial charge >= 0.3 is 5.97 Å². The van der Waals surface area contributed by atoms with E-state index in [2.05, 4.69) is 0 Å². The Morgan fingerprint density at radius 2 is 2.05 bits per heavy atom. The summed E-state index contributed by atoms with van der Waals surface area (Å²) >= 11 is 6.03. The van der Waals surface area contributed by atoms with E-state index in [0.717, 1.165) is 11.1 Å². The molecule has 0 heterocycles. The predicted octanol–water partition coefficient (Wildman–Crippen LogP) is 3.93. The largest absolute Gasteiger partial charge is 0.496 e. The number of methoxy groups -OCH3 is 1. The van der Waals surface area contributed by atoms with Crippen LogP contribution in [0, 0.1) is 6.92 Å². The average Bonchev–Trinajstić information content (AvgIpc) is 2.45. The summed E-state index contributed by atoms with van der Waals surface area (Å²) in [5.41, 5.74) is 1.93. The SMILES string of the molecule is COc1ccc(C)cc1COc1c(Cl)cccc1C(=O)O. The molecule has 0 aliphatic heterocycles. The summed E-state index contributed by atoms with van der Waals surface area (Å²) in [4.78, 5) is 11.2. The van der Waals surface area contributed by atoms with E-state index in [4.69, 9.17) is 26.2 Å². The number of hydrogen-bond acceptors (Lipinski definition) is 3. The molecule has 0 aliphatic carbocycles. The lowest BCUT2D eigenvalue weighted by Crippen LogP contribution is -2.05. The van der Waals surface area contributed by atoms with E-state index in [0.29, 0.717) is 5.75 Å². The lowest BCUT2D eigenvalue weighted by Gasteiger charge is -2.13. The van der Waals surface area contributed by atoms with Crippen LogP contribution in [0.4, 0.5) is 0 Å². The van der Waals surface area contributed by atoms with Gasteiger partial charge in [-0.05, 0) is 31.2 Å². The minimum absolute atomic E-state index is 0.0362. The molecule has 0 fully saturated rings. The summed E-state index contributed by atoms with van der Waals surface area (Å²) in [7, 11) is 1.58. The monoisotopic (exact) mass is 306 g/mol. The van der Waals surface area contributed by atoms with Gasteiger partial charge in [0, 0.05) is 5.56 Å². The number of hydrogen-bond donors (Lipinski definition) is 1. The molecule has 0 saturated carbocycles. The second-order valence-electron chi connectivity index (χ2n) is 4.53. The molecule has 110 valence electrons. The Hall–Kier alpha value is -2.20. The van der Waals surface area contributed by atoms with E-state index in [1.54, 1.807) is 19.2 Å². The van der Waals surface area contributed by atoms with Crippen LogP contribution in [0.1, 0.15) is 21.5 Å². The van der Waals surface area contributed by atoms with Gasteiger partial charge in [-0.3, -0.25) is 0 Å². The van der Waals surface area contributed by atoms with Gasteiger partial charge in [0.1, 0.15) is 17.9 Å². The predicted molar refractivity (Wildman–Crippen MR) is 80.5 cm³/mol. The van der Waals surface area contributed by atoms with Crippen molar-refractivity contribution in [3.63, 3.8) is 0 Å². The minimum Gasteiger partial charge on any atom is -0.496 e. The van der Waals surface area contributed by atoms with Crippen molar-refractivity contribution in [2.45, 2.75) is 13.5 Å². The zero-order valence-electron chi connectivity index (χ0n) is 11.7. The van der Waals surface area contributed by atoms with E-state index in [-0.39, 0.29) is 22.9 Å². The number of para-hydroxylation sites is 1. The Bertz CT molecular complexity index is 667. The Morgan fingerprint density at radius 1 is 1.29 bits per heavy atom. The van der Waals surface area contributed by atoms with Crippen molar-refractivity contribution in [3.05, 3.63) is 58.1 Å². The highest BCUT2D eigenvalue weighted by Gasteiger charge is 2.15. The highest BCUT2D eigenvalue weighted by molar-refractivity contribution is 6.32. The maximum absolute atomic E-state index is 11.2. The molecular weight excluding hydrogens is 292 g/mol. The maximum Gasteiger partial charge on any atom is 0.339 e. The normalized spacial score (nSPS) is 10.2. The molecule has 0 aliphatic rings. The van der Waals surface area contributed by atoms with Crippen LogP contribution in [0.15, 0.2) is 36.4 Å². The molecule has 5 heteroatoms. The first-order chi connectivity index (χ1) is 10.0. The minimum atomic E-state index is -1.08. The second kappa shape index (κ2) is 6.50. The maximum atomic E-state index is 11.2. The van der Waals surface area contributed by atoms with Crippen molar-refractivity contribution in [3.8, 4) is 11.5 Å². The van der Waals surface area contributed by atoms with Crippen LogP contribution in [-0.2, 0) is 6.61 Å². The quantitative estimate of drug-likeness (QED) is 0.909. The smallest absolute Gasteiger partial charge is 0.339 e. The first-order valence-electron chi connectivity index (χ1n) is 6.31. The van der Waals surface area contributed by atoms with E-state index in [1.807, 2.05) is 25.1 Å². The molecule has 4 nitrogen and oxygen atoms in total. The van der Waals surface area contributed by atoms with Crippen LogP contribution < -0.4 is 9.47 Å². The molecule has 1 N–H and O–H groups in total. The molecule has 0 saturated heterocycles. The van der Waals surface area contributed by atoms with Gasteiger partial charge in [-0.25, -0.2) is 4.79 Å². The highest BCUT2D eigenvalue weighted by atomic mass is 35.5. The van der Waals surface area contributed by atoms with E-state index >= 15 is 0 Å². The average molecular weight is 307 g/mol. The Balaban J connectivity index is 2.28. The first-order valence-corrected chi connectivity index (χ1v) is 6.69. The highest BCUT2D eigenvalue weighted by Crippen LogP contribution is 2.30. The van der Waals surface area contributed by atoms with Crippen LogP contribution in [0.3, 0.4) is 0 Å². The molecule has 0 atom stereocenters. The fourth-order valence-corrected chi connectivity index (χ4v) is 2.22. The Kier molecular flexibility index (Phi) is 4.70. The van der Waals surface area contributed by atoms with Crippen LogP contribution in [0.5, 0.6) is 11.5 Å². The standard InChI is InChI=1S/C16H15ClO4/c1-10-6-7-14(20-2)11(8-10)9-21-15-12(16(18)19)4-3-5-13(15)17/h3-8H,9H2,1-2H3,(H,18,19). The van der Waals surface area contributed by atoms with Gasteiger partial charge in [0.25, 0.3) is 0 Å². The van der Waals surface area contributed by atoms with Crippen molar-refractivity contribution < 1.29 is 19.4 Å². The van der Waals surface area contributed by atoms with Gasteiger partial charge < -0.3 is 14.6 Å². The fourth-order valence-electron chi connectivity index (χ4n) is 1.99. The second-order valence-corrected chi connectivity index (χ2v) is 4.93. The third-order valence-corrected chi connectivity index (χ3v) is 3.30. The van der Waals surface area contributed by atoms with E-state index in [1.165, 1.54) is 6.07 Å². The lowest BCUT2D eigenvalue weighted by atomic mass is 10.1. The zero-order valence-corrected chi connectivity index (χ0v) is 12.5. The summed E-state index contributed by atoms with van der Waals surface area (Å²) in [6, 6.07) is 10.3. The van der Waals surface area contributed by atoms with Crippen LogP contribution >= 0.6 is 11.6 Å². The number of carbonyl (C=O) groups is 1. The van der Waals surface area contributed by atoms with E-state index < -0.39 is 5.97 Å². The molecule has 21 heavy (non-hydrogen) atoms. The topological polar surface area (TPSA) is 55.8 Å². The molecule has 2 aromatic carbocycles. The summed E-state index contributed by atoms with van der Waals surface area (Å²) < 4.78 is 10.9. The molecule has 0 amide bonds. The summed E-state index contributed by atoms with van der Waals surface area (Å²) in [6.45, 7) is 2.13. The summed E-state index contributed by atoms with van der Waals surface area (Å²) in [5.74, 6) is -0.233. The molecule has 0 spiro atoms. The number of rotatable bonds is 5. The van der Waals surface area contributed by atoms with Crippen LogP contribution in [0.25, 0.3) is 0 Å². The van der Waals surface area contributed by atoms with E-state index in [9.17, 15) is 4.79 Å².